The fourth-order valence-corrected chi connectivity index (χ4v) is 1.93. The first-order valence-electron chi connectivity index (χ1n) is 6.01. The average Bonchev–Trinajstić information content (AvgIpc) is 2.40. The van der Waals surface area contributed by atoms with Crippen LogP contribution in [-0.4, -0.2) is 42.7 Å². The van der Waals surface area contributed by atoms with Gasteiger partial charge < -0.3 is 20.1 Å². The molecule has 6 nitrogen and oxygen atoms in total. The maximum atomic E-state index is 11.9. The smallest absolute Gasteiger partial charge is 0.321 e. The highest BCUT2D eigenvalue weighted by atomic mass is 79.9. The number of amides is 2. The van der Waals surface area contributed by atoms with Gasteiger partial charge in [0.05, 0.1) is 11.6 Å². The lowest BCUT2D eigenvalue weighted by atomic mass is 10.3. The molecule has 0 saturated carbocycles. The molecule has 0 spiro atoms. The summed E-state index contributed by atoms with van der Waals surface area (Å²) in [6.07, 6.45) is 0.465. The third-order valence-corrected chi connectivity index (χ3v) is 3.29. The summed E-state index contributed by atoms with van der Waals surface area (Å²) in [6, 6.07) is 4.93. The number of carboxylic acids is 1. The number of carbonyl (C=O) groups excluding carboxylic acids is 1. The average molecular weight is 345 g/mol. The predicted octanol–water partition coefficient (Wildman–Crippen LogP) is 2.79. The molecular weight excluding hydrogens is 328 g/mol. The number of urea groups is 1. The van der Waals surface area contributed by atoms with Gasteiger partial charge in [-0.2, -0.15) is 0 Å². The van der Waals surface area contributed by atoms with Crippen molar-refractivity contribution in [1.82, 2.24) is 4.90 Å². The lowest BCUT2D eigenvalue weighted by Gasteiger charge is -2.18. The summed E-state index contributed by atoms with van der Waals surface area (Å²) in [5.41, 5.74) is 0.611. The summed E-state index contributed by atoms with van der Waals surface area (Å²) in [6.45, 7) is 0.381. The molecule has 0 radical (unpaired) electrons. The van der Waals surface area contributed by atoms with Crippen molar-refractivity contribution in [1.29, 1.82) is 0 Å². The third-order valence-electron chi connectivity index (χ3n) is 2.63. The first-order chi connectivity index (χ1) is 9.43. The van der Waals surface area contributed by atoms with Gasteiger partial charge in [-0.05, 0) is 34.5 Å². The highest BCUT2D eigenvalue weighted by molar-refractivity contribution is 9.10. The van der Waals surface area contributed by atoms with Crippen LogP contribution in [-0.2, 0) is 4.79 Å². The monoisotopic (exact) mass is 344 g/mol. The van der Waals surface area contributed by atoms with Crippen LogP contribution in [0.2, 0.25) is 0 Å². The van der Waals surface area contributed by atoms with E-state index in [1.807, 2.05) is 0 Å². The molecule has 0 bridgehead atoms. The van der Waals surface area contributed by atoms with E-state index < -0.39 is 5.97 Å². The summed E-state index contributed by atoms with van der Waals surface area (Å²) in [5, 5.41) is 11.3. The van der Waals surface area contributed by atoms with E-state index in [2.05, 4.69) is 21.2 Å². The fourth-order valence-electron chi connectivity index (χ4n) is 1.53. The van der Waals surface area contributed by atoms with Crippen molar-refractivity contribution in [3.8, 4) is 5.75 Å². The number of rotatable bonds is 6. The number of carboxylic acid groups (broad SMARTS) is 1. The van der Waals surface area contributed by atoms with Gasteiger partial charge in [-0.3, -0.25) is 4.79 Å². The Morgan fingerprint density at radius 1 is 1.45 bits per heavy atom. The minimum absolute atomic E-state index is 0.0454. The Morgan fingerprint density at radius 2 is 2.15 bits per heavy atom. The van der Waals surface area contributed by atoms with E-state index >= 15 is 0 Å². The molecule has 1 rings (SSSR count). The van der Waals surface area contributed by atoms with Gasteiger partial charge in [0.15, 0.2) is 0 Å². The van der Waals surface area contributed by atoms with Gasteiger partial charge in [-0.25, -0.2) is 4.79 Å². The zero-order chi connectivity index (χ0) is 15.1. The number of carbonyl (C=O) groups is 2. The van der Waals surface area contributed by atoms with Gasteiger partial charge >= 0.3 is 12.0 Å². The molecule has 20 heavy (non-hydrogen) atoms. The van der Waals surface area contributed by atoms with Crippen LogP contribution in [0.4, 0.5) is 10.5 Å². The molecule has 2 amide bonds. The lowest BCUT2D eigenvalue weighted by Crippen LogP contribution is -2.32. The van der Waals surface area contributed by atoms with Crippen LogP contribution in [0.3, 0.4) is 0 Å². The molecule has 7 heteroatoms. The quantitative estimate of drug-likeness (QED) is 0.831. The molecule has 1 aromatic rings. The standard InChI is InChI=1S/C13H17BrN2O4/c1-16(7-3-4-12(17)18)13(19)15-9-5-6-10(14)11(8-9)20-2/h5-6,8H,3-4,7H2,1-2H3,(H,15,19)(H,17,18). The first kappa shape index (κ1) is 16.3. The molecule has 0 aromatic heterocycles. The van der Waals surface area contributed by atoms with E-state index in [1.54, 1.807) is 32.4 Å². The van der Waals surface area contributed by atoms with Crippen LogP contribution >= 0.6 is 15.9 Å². The Kier molecular flexibility index (Phi) is 6.30. The second-order valence-electron chi connectivity index (χ2n) is 4.20. The van der Waals surface area contributed by atoms with Crippen molar-refractivity contribution < 1.29 is 19.4 Å². The maximum Gasteiger partial charge on any atom is 0.321 e. The number of halogens is 1. The van der Waals surface area contributed by atoms with Crippen LogP contribution in [0.15, 0.2) is 22.7 Å². The summed E-state index contributed by atoms with van der Waals surface area (Å²) >= 11 is 3.33. The Balaban J connectivity index is 2.54. The summed E-state index contributed by atoms with van der Waals surface area (Å²) in [5.74, 6) is -0.243. The number of hydrogen-bond donors (Lipinski definition) is 2. The number of aliphatic carboxylic acids is 1. The van der Waals surface area contributed by atoms with Crippen LogP contribution in [0.5, 0.6) is 5.75 Å². The van der Waals surface area contributed by atoms with Crippen LogP contribution in [0.1, 0.15) is 12.8 Å². The van der Waals surface area contributed by atoms with Crippen molar-refractivity contribution in [2.45, 2.75) is 12.8 Å². The van der Waals surface area contributed by atoms with Crippen molar-refractivity contribution in [3.05, 3.63) is 22.7 Å². The normalized spacial score (nSPS) is 9.95. The SMILES string of the molecule is COc1cc(NC(=O)N(C)CCCC(=O)O)ccc1Br. The summed E-state index contributed by atoms with van der Waals surface area (Å²) in [4.78, 5) is 23.7. The molecule has 1 aromatic carbocycles. The van der Waals surface area contributed by atoms with Gasteiger partial charge in [-0.1, -0.05) is 0 Å². The molecule has 2 N–H and O–H groups in total. The second kappa shape index (κ2) is 7.74. The summed E-state index contributed by atoms with van der Waals surface area (Å²) in [7, 11) is 3.16. The number of anilines is 1. The number of nitrogens with one attached hydrogen (secondary N) is 1. The van der Waals surface area contributed by atoms with Gasteiger partial charge in [-0.15, -0.1) is 0 Å². The highest BCUT2D eigenvalue weighted by Gasteiger charge is 2.10. The van der Waals surface area contributed by atoms with E-state index in [-0.39, 0.29) is 12.5 Å². The Bertz CT molecular complexity index is 493. The topological polar surface area (TPSA) is 78.9 Å². The van der Waals surface area contributed by atoms with Gasteiger partial charge in [0, 0.05) is 31.8 Å². The molecule has 0 saturated heterocycles. The van der Waals surface area contributed by atoms with E-state index in [4.69, 9.17) is 9.84 Å². The van der Waals surface area contributed by atoms with Crippen molar-refractivity contribution in [2.24, 2.45) is 0 Å². The number of methoxy groups -OCH3 is 1. The predicted molar refractivity (Wildman–Crippen MR) is 79.2 cm³/mol. The van der Waals surface area contributed by atoms with E-state index in [9.17, 15) is 9.59 Å². The first-order valence-corrected chi connectivity index (χ1v) is 6.80. The fraction of sp³-hybridized carbons (Fsp3) is 0.385. The Labute approximate surface area is 125 Å². The third kappa shape index (κ3) is 5.08. The van der Waals surface area contributed by atoms with Crippen LogP contribution in [0, 0.1) is 0 Å². The minimum atomic E-state index is -0.864. The van der Waals surface area contributed by atoms with Crippen molar-refractivity contribution in [3.63, 3.8) is 0 Å². The van der Waals surface area contributed by atoms with Crippen molar-refractivity contribution >= 4 is 33.6 Å². The lowest BCUT2D eigenvalue weighted by molar-refractivity contribution is -0.137. The zero-order valence-electron chi connectivity index (χ0n) is 11.4. The van der Waals surface area contributed by atoms with Gasteiger partial charge in [0.1, 0.15) is 5.75 Å². The van der Waals surface area contributed by atoms with E-state index in [0.29, 0.717) is 24.4 Å². The van der Waals surface area contributed by atoms with Gasteiger partial charge in [0.2, 0.25) is 0 Å². The van der Waals surface area contributed by atoms with E-state index in [0.717, 1.165) is 4.47 Å². The van der Waals surface area contributed by atoms with Crippen molar-refractivity contribution in [2.75, 3.05) is 26.0 Å². The van der Waals surface area contributed by atoms with Crippen LogP contribution in [0.25, 0.3) is 0 Å². The molecule has 110 valence electrons. The minimum Gasteiger partial charge on any atom is -0.495 e. The Hall–Kier alpha value is -1.76. The number of hydrogen-bond acceptors (Lipinski definition) is 3. The highest BCUT2D eigenvalue weighted by Crippen LogP contribution is 2.27. The molecule has 0 aliphatic carbocycles. The molecule has 0 aliphatic rings. The van der Waals surface area contributed by atoms with E-state index in [1.165, 1.54) is 4.90 Å². The Morgan fingerprint density at radius 3 is 2.75 bits per heavy atom. The molecule has 0 fully saturated rings. The second-order valence-corrected chi connectivity index (χ2v) is 5.05. The number of ether oxygens (including phenoxy) is 1. The molecule has 0 atom stereocenters. The number of nitrogens with zero attached hydrogens (tertiary/aromatic N) is 1. The summed E-state index contributed by atoms with van der Waals surface area (Å²) < 4.78 is 5.94. The largest absolute Gasteiger partial charge is 0.495 e. The molecule has 0 unspecified atom stereocenters. The van der Waals surface area contributed by atoms with Gasteiger partial charge in [0.25, 0.3) is 0 Å². The number of benzene rings is 1. The molecule has 0 heterocycles. The molecular formula is C13H17BrN2O4. The van der Waals surface area contributed by atoms with Crippen LogP contribution < -0.4 is 10.1 Å². The molecule has 0 aliphatic heterocycles. The maximum absolute atomic E-state index is 11.9. The zero-order valence-corrected chi connectivity index (χ0v) is 12.9.